The minimum absolute atomic E-state index is 0.0426. The highest BCUT2D eigenvalue weighted by Crippen LogP contribution is 2.21. The van der Waals surface area contributed by atoms with E-state index in [4.69, 9.17) is 0 Å². The molecule has 0 bridgehead atoms. The molecule has 1 aliphatic heterocycles. The third-order valence-corrected chi connectivity index (χ3v) is 3.43. The van der Waals surface area contributed by atoms with Crippen molar-refractivity contribution in [3.05, 3.63) is 0 Å². The summed E-state index contributed by atoms with van der Waals surface area (Å²) in [6.45, 7) is 3.23. The van der Waals surface area contributed by atoms with E-state index in [-0.39, 0.29) is 25.0 Å². The minimum atomic E-state index is -4.40. The molecule has 0 aromatic carbocycles. The van der Waals surface area contributed by atoms with Gasteiger partial charge in [-0.05, 0) is 20.3 Å². The monoisotopic (exact) mass is 296 g/mol. The highest BCUT2D eigenvalue weighted by molar-refractivity contribution is 5.99. The topological polar surface area (TPSA) is 58.6 Å². The van der Waals surface area contributed by atoms with Crippen molar-refractivity contribution < 1.29 is 27.5 Å². The number of carbonyl (C=O) groups is 2. The fourth-order valence-corrected chi connectivity index (χ4v) is 1.95. The van der Waals surface area contributed by atoms with Crippen molar-refractivity contribution in [2.45, 2.75) is 44.9 Å². The first-order valence-electron chi connectivity index (χ1n) is 6.38. The molecule has 5 nitrogen and oxygen atoms in total. The first kappa shape index (κ1) is 16.7. The number of hydrogen-bond donors (Lipinski definition) is 1. The smallest absolute Gasteiger partial charge is 0.370 e. The number of carbonyl (C=O) groups excluding carboxylic acids is 2. The number of halogens is 3. The van der Waals surface area contributed by atoms with Gasteiger partial charge in [-0.2, -0.15) is 13.2 Å². The lowest BCUT2D eigenvalue weighted by molar-refractivity contribution is -0.176. The van der Waals surface area contributed by atoms with Crippen LogP contribution in [0.3, 0.4) is 0 Å². The summed E-state index contributed by atoms with van der Waals surface area (Å²) in [6.07, 6.45) is -3.99. The Morgan fingerprint density at radius 3 is 2.50 bits per heavy atom. The van der Waals surface area contributed by atoms with Crippen LogP contribution in [0.15, 0.2) is 0 Å². The van der Waals surface area contributed by atoms with E-state index in [1.807, 2.05) is 0 Å². The van der Waals surface area contributed by atoms with Crippen LogP contribution in [0.1, 0.15) is 27.2 Å². The van der Waals surface area contributed by atoms with Crippen LogP contribution in [-0.2, 0) is 14.3 Å². The Balaban J connectivity index is 2.62. The molecular weight excluding hydrogens is 277 g/mol. The van der Waals surface area contributed by atoms with Crippen LogP contribution in [0.25, 0.3) is 0 Å². The van der Waals surface area contributed by atoms with Crippen LogP contribution in [0.2, 0.25) is 0 Å². The van der Waals surface area contributed by atoms with Gasteiger partial charge in [0.2, 0.25) is 11.8 Å². The molecule has 1 rings (SSSR count). The molecule has 2 amide bonds. The Hall–Kier alpha value is -1.31. The number of nitrogens with one attached hydrogen (secondary N) is 1. The highest BCUT2D eigenvalue weighted by Gasteiger charge is 2.45. The van der Waals surface area contributed by atoms with Crippen molar-refractivity contribution in [1.82, 2.24) is 10.2 Å². The summed E-state index contributed by atoms with van der Waals surface area (Å²) >= 11 is 0. The molecule has 0 radical (unpaired) electrons. The van der Waals surface area contributed by atoms with Gasteiger partial charge in [0.05, 0.1) is 6.61 Å². The van der Waals surface area contributed by atoms with Gasteiger partial charge in [0.15, 0.2) is 0 Å². The predicted octanol–water partition coefficient (Wildman–Crippen LogP) is 1.08. The Morgan fingerprint density at radius 2 is 2.00 bits per heavy atom. The van der Waals surface area contributed by atoms with Gasteiger partial charge in [0.1, 0.15) is 18.2 Å². The van der Waals surface area contributed by atoms with Gasteiger partial charge < -0.3 is 15.0 Å². The predicted molar refractivity (Wildman–Crippen MR) is 64.9 cm³/mol. The summed E-state index contributed by atoms with van der Waals surface area (Å²) in [4.78, 5) is 25.3. The molecule has 0 aliphatic carbocycles. The lowest BCUT2D eigenvalue weighted by atomic mass is 9.92. The molecule has 0 spiro atoms. The van der Waals surface area contributed by atoms with Gasteiger partial charge in [0, 0.05) is 6.54 Å². The third kappa shape index (κ3) is 3.84. The van der Waals surface area contributed by atoms with Crippen molar-refractivity contribution in [1.29, 1.82) is 0 Å². The maximum atomic E-state index is 12.3. The van der Waals surface area contributed by atoms with Crippen molar-refractivity contribution in [2.24, 2.45) is 0 Å². The number of piperazine rings is 1. The average Bonchev–Trinajstić information content (AvgIpc) is 2.34. The Labute approximate surface area is 115 Å². The van der Waals surface area contributed by atoms with E-state index < -0.39 is 24.4 Å². The lowest BCUT2D eigenvalue weighted by Gasteiger charge is -2.42. The molecule has 0 aromatic rings. The lowest BCUT2D eigenvalue weighted by Crippen LogP contribution is -2.68. The summed E-state index contributed by atoms with van der Waals surface area (Å²) in [5.74, 6) is -0.618. The molecule has 1 saturated heterocycles. The zero-order chi connectivity index (χ0) is 15.6. The van der Waals surface area contributed by atoms with Crippen LogP contribution in [0, 0.1) is 0 Å². The van der Waals surface area contributed by atoms with E-state index >= 15 is 0 Å². The quantitative estimate of drug-likeness (QED) is 0.772. The van der Waals surface area contributed by atoms with Gasteiger partial charge in [-0.15, -0.1) is 0 Å². The first-order valence-corrected chi connectivity index (χ1v) is 6.38. The first-order chi connectivity index (χ1) is 9.10. The zero-order valence-electron chi connectivity index (χ0n) is 11.7. The van der Waals surface area contributed by atoms with Gasteiger partial charge in [-0.25, -0.2) is 0 Å². The second kappa shape index (κ2) is 5.99. The SMILES string of the molecule is CCC1(C)NC(=O)C(C)N(CCOCC(F)(F)F)C1=O. The molecule has 1 N–H and O–H groups in total. The fourth-order valence-electron chi connectivity index (χ4n) is 1.95. The zero-order valence-corrected chi connectivity index (χ0v) is 11.7. The van der Waals surface area contributed by atoms with Crippen LogP contribution in [-0.4, -0.2) is 54.2 Å². The summed E-state index contributed by atoms with van der Waals surface area (Å²) in [7, 11) is 0. The molecule has 8 heteroatoms. The highest BCUT2D eigenvalue weighted by atomic mass is 19.4. The second-order valence-electron chi connectivity index (χ2n) is 5.02. The third-order valence-electron chi connectivity index (χ3n) is 3.43. The summed E-state index contributed by atoms with van der Waals surface area (Å²) in [5, 5.41) is 2.64. The van der Waals surface area contributed by atoms with Gasteiger partial charge in [0.25, 0.3) is 0 Å². The maximum Gasteiger partial charge on any atom is 0.411 e. The molecule has 116 valence electrons. The normalized spacial score (nSPS) is 27.7. The standard InChI is InChI=1S/C12H19F3N2O3/c1-4-11(3)10(19)17(8(2)9(18)16-11)5-6-20-7-12(13,14)15/h8H,4-7H2,1-3H3,(H,16,18). The second-order valence-corrected chi connectivity index (χ2v) is 5.02. The summed E-state index contributed by atoms with van der Waals surface area (Å²) < 4.78 is 40.3. The molecule has 1 aliphatic rings. The Kier molecular flexibility index (Phi) is 5.01. The molecule has 1 fully saturated rings. The van der Waals surface area contributed by atoms with Gasteiger partial charge in [-0.3, -0.25) is 9.59 Å². The van der Waals surface area contributed by atoms with E-state index in [2.05, 4.69) is 10.1 Å². The molecule has 0 saturated carbocycles. The maximum absolute atomic E-state index is 12.3. The number of nitrogens with zero attached hydrogens (tertiary/aromatic N) is 1. The van der Waals surface area contributed by atoms with Crippen molar-refractivity contribution in [2.75, 3.05) is 19.8 Å². The van der Waals surface area contributed by atoms with Gasteiger partial charge >= 0.3 is 6.18 Å². The largest absolute Gasteiger partial charge is 0.411 e. The van der Waals surface area contributed by atoms with E-state index in [9.17, 15) is 22.8 Å². The number of ether oxygens (including phenoxy) is 1. The fraction of sp³-hybridized carbons (Fsp3) is 0.833. The van der Waals surface area contributed by atoms with Crippen molar-refractivity contribution in [3.63, 3.8) is 0 Å². The van der Waals surface area contributed by atoms with Gasteiger partial charge in [-0.1, -0.05) is 6.92 Å². The Bertz CT molecular complexity index is 387. The summed E-state index contributed by atoms with van der Waals surface area (Å²) in [5.41, 5.74) is -1.01. The Morgan fingerprint density at radius 1 is 1.40 bits per heavy atom. The van der Waals surface area contributed by atoms with Crippen LogP contribution >= 0.6 is 0 Å². The van der Waals surface area contributed by atoms with E-state index in [0.29, 0.717) is 6.42 Å². The molecular formula is C12H19F3N2O3. The van der Waals surface area contributed by atoms with E-state index in [0.717, 1.165) is 0 Å². The number of alkyl halides is 3. The van der Waals surface area contributed by atoms with E-state index in [1.54, 1.807) is 13.8 Å². The van der Waals surface area contributed by atoms with Crippen molar-refractivity contribution in [3.8, 4) is 0 Å². The average molecular weight is 296 g/mol. The number of amides is 2. The molecule has 0 aromatic heterocycles. The molecule has 2 unspecified atom stereocenters. The van der Waals surface area contributed by atoms with Crippen LogP contribution in [0.4, 0.5) is 13.2 Å². The summed E-state index contributed by atoms with van der Waals surface area (Å²) in [6, 6.07) is -0.711. The molecule has 2 atom stereocenters. The molecule has 20 heavy (non-hydrogen) atoms. The van der Waals surface area contributed by atoms with Crippen molar-refractivity contribution >= 4 is 11.8 Å². The number of hydrogen-bond acceptors (Lipinski definition) is 3. The number of rotatable bonds is 5. The minimum Gasteiger partial charge on any atom is -0.370 e. The van der Waals surface area contributed by atoms with Crippen LogP contribution < -0.4 is 5.32 Å². The van der Waals surface area contributed by atoms with Crippen LogP contribution in [0.5, 0.6) is 0 Å². The van der Waals surface area contributed by atoms with E-state index in [1.165, 1.54) is 11.8 Å². The molecule has 1 heterocycles.